The number of hydrogen-bond donors (Lipinski definition) is 0. The predicted molar refractivity (Wildman–Crippen MR) is 106 cm³/mol. The van der Waals surface area contributed by atoms with Gasteiger partial charge >= 0.3 is 0 Å². The molecule has 0 atom stereocenters. The Bertz CT molecular complexity index is 490. The molecule has 1 heterocycles. The lowest BCUT2D eigenvalue weighted by Gasteiger charge is -2.44. The highest BCUT2D eigenvalue weighted by Crippen LogP contribution is 2.35. The Morgan fingerprint density at radius 1 is 0.560 bits per heavy atom. The van der Waals surface area contributed by atoms with Crippen molar-refractivity contribution in [2.24, 2.45) is 0 Å². The fraction of sp³-hybridized carbons (Fsp3) is 0.739. The zero-order chi connectivity index (χ0) is 16.9. The molecule has 2 aliphatic carbocycles. The second-order valence-electron chi connectivity index (χ2n) is 8.63. The van der Waals surface area contributed by atoms with Crippen molar-refractivity contribution >= 4 is 0 Å². The van der Waals surface area contributed by atoms with E-state index in [2.05, 4.69) is 40.1 Å². The van der Waals surface area contributed by atoms with Crippen LogP contribution in [0.25, 0.3) is 0 Å². The summed E-state index contributed by atoms with van der Waals surface area (Å²) in [5.74, 6) is 0.810. The predicted octanol–water partition coefficient (Wildman–Crippen LogP) is 5.05. The second kappa shape index (κ2) is 8.68. The van der Waals surface area contributed by atoms with Crippen molar-refractivity contribution in [3.8, 4) is 0 Å². The van der Waals surface area contributed by atoms with Crippen LogP contribution >= 0.6 is 0 Å². The van der Waals surface area contributed by atoms with Gasteiger partial charge in [0.2, 0.25) is 0 Å². The van der Waals surface area contributed by atoms with Gasteiger partial charge in [-0.25, -0.2) is 0 Å². The molecule has 1 aromatic carbocycles. The van der Waals surface area contributed by atoms with Gasteiger partial charge in [0.15, 0.2) is 0 Å². The van der Waals surface area contributed by atoms with Crippen LogP contribution in [0.4, 0.5) is 0 Å². The van der Waals surface area contributed by atoms with Crippen molar-refractivity contribution in [1.29, 1.82) is 0 Å². The van der Waals surface area contributed by atoms with Gasteiger partial charge < -0.3 is 0 Å². The standard InChI is InChI=1S/C23H36N2/c1-2-7-11-22(10-6-1)24-16-18-25(19-17-24)23-14-12-21(13-15-23)20-8-4-3-5-9-20/h3-5,8-9,21-23H,1-2,6-7,10-19H2. The molecule has 25 heavy (non-hydrogen) atoms. The lowest BCUT2D eigenvalue weighted by molar-refractivity contribution is 0.0504. The first kappa shape index (κ1) is 17.5. The maximum atomic E-state index is 2.83. The average molecular weight is 341 g/mol. The third-order valence-electron chi connectivity index (χ3n) is 7.17. The molecule has 0 aromatic heterocycles. The van der Waals surface area contributed by atoms with Crippen molar-refractivity contribution in [2.75, 3.05) is 26.2 Å². The minimum absolute atomic E-state index is 0.810. The van der Waals surface area contributed by atoms with E-state index in [4.69, 9.17) is 0 Å². The van der Waals surface area contributed by atoms with E-state index in [0.29, 0.717) is 0 Å². The molecule has 0 N–H and O–H groups in total. The summed E-state index contributed by atoms with van der Waals surface area (Å²) in [6, 6.07) is 13.0. The summed E-state index contributed by atoms with van der Waals surface area (Å²) in [5, 5.41) is 0. The van der Waals surface area contributed by atoms with E-state index in [-0.39, 0.29) is 0 Å². The van der Waals surface area contributed by atoms with E-state index in [0.717, 1.165) is 18.0 Å². The van der Waals surface area contributed by atoms with Gasteiger partial charge in [0.25, 0.3) is 0 Å². The van der Waals surface area contributed by atoms with Crippen LogP contribution in [0.1, 0.15) is 75.7 Å². The van der Waals surface area contributed by atoms with Gasteiger partial charge in [-0.3, -0.25) is 9.80 Å². The smallest absolute Gasteiger partial charge is 0.0113 e. The Morgan fingerprint density at radius 3 is 1.64 bits per heavy atom. The van der Waals surface area contributed by atoms with E-state index in [9.17, 15) is 0 Å². The maximum absolute atomic E-state index is 2.83. The third-order valence-corrected chi connectivity index (χ3v) is 7.17. The summed E-state index contributed by atoms with van der Waals surface area (Å²) in [5.41, 5.74) is 1.57. The van der Waals surface area contributed by atoms with Crippen molar-refractivity contribution in [3.05, 3.63) is 35.9 Å². The van der Waals surface area contributed by atoms with Crippen LogP contribution in [0.15, 0.2) is 30.3 Å². The lowest BCUT2D eigenvalue weighted by Crippen LogP contribution is -2.53. The van der Waals surface area contributed by atoms with E-state index < -0.39 is 0 Å². The van der Waals surface area contributed by atoms with E-state index in [1.54, 1.807) is 5.56 Å². The van der Waals surface area contributed by atoms with E-state index in [1.165, 1.54) is 90.4 Å². The molecule has 0 unspecified atom stereocenters. The molecule has 1 aliphatic heterocycles. The normalized spacial score (nSPS) is 30.9. The lowest BCUT2D eigenvalue weighted by atomic mass is 9.81. The molecule has 1 saturated heterocycles. The van der Waals surface area contributed by atoms with Gasteiger partial charge in [-0.05, 0) is 50.0 Å². The first-order valence-corrected chi connectivity index (χ1v) is 10.9. The average Bonchev–Trinajstić information content (AvgIpc) is 2.99. The second-order valence-corrected chi connectivity index (χ2v) is 8.63. The largest absolute Gasteiger partial charge is 0.298 e. The first-order valence-electron chi connectivity index (χ1n) is 10.9. The van der Waals surface area contributed by atoms with Crippen LogP contribution in [0, 0.1) is 0 Å². The summed E-state index contributed by atoms with van der Waals surface area (Å²) >= 11 is 0. The molecular formula is C23H36N2. The maximum Gasteiger partial charge on any atom is 0.0113 e. The fourth-order valence-corrected chi connectivity index (χ4v) is 5.59. The van der Waals surface area contributed by atoms with Gasteiger partial charge in [-0.1, -0.05) is 56.0 Å². The summed E-state index contributed by atoms with van der Waals surface area (Å²) in [4.78, 5) is 5.66. The monoisotopic (exact) mass is 340 g/mol. The highest BCUT2D eigenvalue weighted by atomic mass is 15.3. The molecule has 2 nitrogen and oxygen atoms in total. The minimum atomic E-state index is 0.810. The number of hydrogen-bond acceptors (Lipinski definition) is 2. The summed E-state index contributed by atoms with van der Waals surface area (Å²) < 4.78 is 0. The highest BCUT2D eigenvalue weighted by molar-refractivity contribution is 5.20. The quantitative estimate of drug-likeness (QED) is 0.710. The van der Waals surface area contributed by atoms with Crippen LogP contribution in [0.5, 0.6) is 0 Å². The fourth-order valence-electron chi connectivity index (χ4n) is 5.59. The Labute approximate surface area is 154 Å². The molecule has 138 valence electrons. The molecule has 1 aromatic rings. The van der Waals surface area contributed by atoms with Crippen LogP contribution in [0.3, 0.4) is 0 Å². The van der Waals surface area contributed by atoms with E-state index in [1.807, 2.05) is 0 Å². The van der Waals surface area contributed by atoms with Crippen molar-refractivity contribution in [1.82, 2.24) is 9.80 Å². The van der Waals surface area contributed by atoms with Crippen LogP contribution in [0.2, 0.25) is 0 Å². The zero-order valence-electron chi connectivity index (χ0n) is 15.9. The third kappa shape index (κ3) is 4.46. The molecule has 4 rings (SSSR count). The van der Waals surface area contributed by atoms with Gasteiger partial charge in [0.05, 0.1) is 0 Å². The number of nitrogens with zero attached hydrogens (tertiary/aromatic N) is 2. The zero-order valence-corrected chi connectivity index (χ0v) is 15.9. The van der Waals surface area contributed by atoms with Gasteiger partial charge in [-0.2, -0.15) is 0 Å². The molecule has 0 bridgehead atoms. The Morgan fingerprint density at radius 2 is 1.08 bits per heavy atom. The highest BCUT2D eigenvalue weighted by Gasteiger charge is 2.30. The number of piperazine rings is 1. The van der Waals surface area contributed by atoms with Gasteiger partial charge in [-0.15, -0.1) is 0 Å². The molecule has 2 saturated carbocycles. The Kier molecular flexibility index (Phi) is 6.10. The van der Waals surface area contributed by atoms with Crippen molar-refractivity contribution in [3.63, 3.8) is 0 Å². The molecule has 3 aliphatic rings. The van der Waals surface area contributed by atoms with Crippen LogP contribution in [-0.4, -0.2) is 48.1 Å². The Balaban J connectivity index is 1.23. The summed E-state index contributed by atoms with van der Waals surface area (Å²) in [6.45, 7) is 5.28. The van der Waals surface area contributed by atoms with Crippen LogP contribution < -0.4 is 0 Å². The SMILES string of the molecule is c1ccc(C2CCC(N3CCN(C4CCCCCC4)CC3)CC2)cc1. The minimum Gasteiger partial charge on any atom is -0.298 e. The molecular weight excluding hydrogens is 304 g/mol. The Hall–Kier alpha value is -0.860. The van der Waals surface area contributed by atoms with Gasteiger partial charge in [0.1, 0.15) is 0 Å². The van der Waals surface area contributed by atoms with E-state index >= 15 is 0 Å². The molecule has 0 radical (unpaired) electrons. The first-order chi connectivity index (χ1) is 12.4. The van der Waals surface area contributed by atoms with Gasteiger partial charge in [0, 0.05) is 38.3 Å². The molecule has 0 spiro atoms. The summed E-state index contributed by atoms with van der Waals surface area (Å²) in [7, 11) is 0. The molecule has 3 fully saturated rings. The van der Waals surface area contributed by atoms with Crippen LogP contribution in [-0.2, 0) is 0 Å². The molecule has 0 amide bonds. The number of rotatable bonds is 3. The van der Waals surface area contributed by atoms with Crippen molar-refractivity contribution < 1.29 is 0 Å². The molecule has 2 heteroatoms. The summed E-state index contributed by atoms with van der Waals surface area (Å²) in [6.07, 6.45) is 14.4. The number of benzene rings is 1. The van der Waals surface area contributed by atoms with Crippen molar-refractivity contribution in [2.45, 2.75) is 82.2 Å². The topological polar surface area (TPSA) is 6.48 Å².